The first kappa shape index (κ1) is 18.9. The Balaban J connectivity index is 1.43. The lowest BCUT2D eigenvalue weighted by atomic mass is 10.1. The summed E-state index contributed by atoms with van der Waals surface area (Å²) in [5, 5.41) is 0. The number of nitrogens with zero attached hydrogens (tertiary/aromatic N) is 3. The molecule has 0 spiro atoms. The predicted molar refractivity (Wildman–Crippen MR) is 106 cm³/mol. The van der Waals surface area contributed by atoms with E-state index in [0.717, 1.165) is 19.3 Å². The first-order valence-corrected chi connectivity index (χ1v) is 9.46. The van der Waals surface area contributed by atoms with Crippen LogP contribution in [0.4, 0.5) is 5.82 Å². The lowest BCUT2D eigenvalue weighted by Crippen LogP contribution is -2.49. The summed E-state index contributed by atoms with van der Waals surface area (Å²) in [6.45, 7) is 2.61. The Bertz CT molecular complexity index is 771. The summed E-state index contributed by atoms with van der Waals surface area (Å²) in [4.78, 5) is 32.3. The van der Waals surface area contributed by atoms with E-state index in [-0.39, 0.29) is 5.91 Å². The van der Waals surface area contributed by atoms with E-state index < -0.39 is 5.91 Å². The van der Waals surface area contributed by atoms with Crippen molar-refractivity contribution in [1.82, 2.24) is 9.88 Å². The summed E-state index contributed by atoms with van der Waals surface area (Å²) in [7, 11) is 0. The molecule has 2 amide bonds. The molecule has 6 heteroatoms. The number of piperazine rings is 1. The zero-order valence-corrected chi connectivity index (χ0v) is 15.5. The highest BCUT2D eigenvalue weighted by Gasteiger charge is 2.23. The van der Waals surface area contributed by atoms with Crippen LogP contribution in [0.1, 0.15) is 35.2 Å². The molecule has 142 valence electrons. The summed E-state index contributed by atoms with van der Waals surface area (Å²) in [6, 6.07) is 13.8. The molecule has 0 unspecified atom stereocenters. The van der Waals surface area contributed by atoms with Crippen LogP contribution in [0.15, 0.2) is 48.7 Å². The van der Waals surface area contributed by atoms with Crippen LogP contribution in [0.3, 0.4) is 0 Å². The Hall–Kier alpha value is -2.89. The molecule has 3 rings (SSSR count). The van der Waals surface area contributed by atoms with Crippen LogP contribution in [-0.4, -0.2) is 47.9 Å². The Labute approximate surface area is 160 Å². The van der Waals surface area contributed by atoms with Crippen LogP contribution in [-0.2, 0) is 11.2 Å². The van der Waals surface area contributed by atoms with Crippen LogP contribution < -0.4 is 10.6 Å². The van der Waals surface area contributed by atoms with Crippen molar-refractivity contribution in [2.75, 3.05) is 31.1 Å². The van der Waals surface area contributed by atoms with Gasteiger partial charge in [0, 0.05) is 38.8 Å². The minimum atomic E-state index is -0.477. The number of carbonyl (C=O) groups is 2. The number of unbranched alkanes of at least 4 members (excludes halogenated alkanes) is 1. The molecule has 2 N–H and O–H groups in total. The van der Waals surface area contributed by atoms with E-state index in [9.17, 15) is 9.59 Å². The molecule has 1 fully saturated rings. The molecule has 1 saturated heterocycles. The molecule has 6 nitrogen and oxygen atoms in total. The van der Waals surface area contributed by atoms with Crippen molar-refractivity contribution in [3.05, 3.63) is 59.8 Å². The topological polar surface area (TPSA) is 79.5 Å². The molecule has 1 aromatic heterocycles. The van der Waals surface area contributed by atoms with E-state index in [1.165, 1.54) is 5.56 Å². The van der Waals surface area contributed by atoms with Crippen LogP contribution in [0.2, 0.25) is 0 Å². The molecule has 1 aliphatic heterocycles. The van der Waals surface area contributed by atoms with E-state index in [1.54, 1.807) is 18.3 Å². The highest BCUT2D eigenvalue weighted by molar-refractivity contribution is 5.97. The van der Waals surface area contributed by atoms with Crippen molar-refractivity contribution < 1.29 is 9.59 Å². The first-order valence-electron chi connectivity index (χ1n) is 9.46. The number of rotatable bonds is 7. The first-order chi connectivity index (χ1) is 13.1. The van der Waals surface area contributed by atoms with E-state index in [1.807, 2.05) is 28.0 Å². The number of primary amides is 1. The van der Waals surface area contributed by atoms with Gasteiger partial charge in [0.15, 0.2) is 0 Å². The second-order valence-electron chi connectivity index (χ2n) is 6.80. The molecule has 1 aliphatic rings. The van der Waals surface area contributed by atoms with Crippen LogP contribution in [0.5, 0.6) is 0 Å². The average molecular weight is 366 g/mol. The Morgan fingerprint density at radius 1 is 0.963 bits per heavy atom. The van der Waals surface area contributed by atoms with Crippen LogP contribution in [0.25, 0.3) is 0 Å². The van der Waals surface area contributed by atoms with E-state index in [0.29, 0.717) is 44.0 Å². The van der Waals surface area contributed by atoms with Crippen LogP contribution >= 0.6 is 0 Å². The number of carbonyl (C=O) groups excluding carboxylic acids is 2. The van der Waals surface area contributed by atoms with Gasteiger partial charge in [0.25, 0.3) is 5.91 Å². The Kier molecular flexibility index (Phi) is 6.41. The molecule has 0 bridgehead atoms. The number of benzene rings is 1. The molecule has 27 heavy (non-hydrogen) atoms. The molecule has 1 aromatic carbocycles. The van der Waals surface area contributed by atoms with Crippen molar-refractivity contribution in [3.8, 4) is 0 Å². The third-order valence-electron chi connectivity index (χ3n) is 4.93. The number of hydrogen-bond donors (Lipinski definition) is 1. The number of anilines is 1. The number of amides is 2. The predicted octanol–water partition coefficient (Wildman–Crippen LogP) is 2.24. The zero-order valence-electron chi connectivity index (χ0n) is 15.5. The van der Waals surface area contributed by atoms with E-state index in [4.69, 9.17) is 5.73 Å². The maximum Gasteiger partial charge on any atom is 0.252 e. The minimum absolute atomic E-state index is 0.207. The van der Waals surface area contributed by atoms with Crippen molar-refractivity contribution in [3.63, 3.8) is 0 Å². The van der Waals surface area contributed by atoms with Crippen molar-refractivity contribution in [1.29, 1.82) is 0 Å². The second kappa shape index (κ2) is 9.16. The fourth-order valence-corrected chi connectivity index (χ4v) is 3.42. The number of pyridine rings is 1. The third kappa shape index (κ3) is 5.06. The molecular formula is C21H26N4O2. The molecule has 2 heterocycles. The fourth-order valence-electron chi connectivity index (χ4n) is 3.42. The van der Waals surface area contributed by atoms with Gasteiger partial charge in [-0.25, -0.2) is 4.98 Å². The zero-order chi connectivity index (χ0) is 19.1. The maximum absolute atomic E-state index is 12.4. The summed E-state index contributed by atoms with van der Waals surface area (Å²) < 4.78 is 0. The van der Waals surface area contributed by atoms with Gasteiger partial charge in [-0.1, -0.05) is 30.3 Å². The summed E-state index contributed by atoms with van der Waals surface area (Å²) in [6.07, 6.45) is 5.18. The van der Waals surface area contributed by atoms with Crippen molar-refractivity contribution in [2.24, 2.45) is 5.73 Å². The minimum Gasteiger partial charge on any atom is -0.365 e. The van der Waals surface area contributed by atoms with Gasteiger partial charge < -0.3 is 15.5 Å². The van der Waals surface area contributed by atoms with Crippen molar-refractivity contribution >= 4 is 17.6 Å². The lowest BCUT2D eigenvalue weighted by Gasteiger charge is -2.36. The smallest absolute Gasteiger partial charge is 0.252 e. The number of hydrogen-bond acceptors (Lipinski definition) is 4. The molecule has 0 radical (unpaired) electrons. The van der Waals surface area contributed by atoms with Gasteiger partial charge in [-0.3, -0.25) is 9.59 Å². The van der Waals surface area contributed by atoms with Crippen LogP contribution in [0, 0.1) is 0 Å². The number of nitrogens with two attached hydrogens (primary N) is 1. The van der Waals surface area contributed by atoms with Gasteiger partial charge in [-0.15, -0.1) is 0 Å². The fraction of sp³-hybridized carbons (Fsp3) is 0.381. The largest absolute Gasteiger partial charge is 0.365 e. The summed E-state index contributed by atoms with van der Waals surface area (Å²) in [5.74, 6) is 0.342. The highest BCUT2D eigenvalue weighted by atomic mass is 16.2. The van der Waals surface area contributed by atoms with Gasteiger partial charge in [-0.05, 0) is 37.0 Å². The Morgan fingerprint density at radius 3 is 2.41 bits per heavy atom. The molecule has 0 atom stereocenters. The van der Waals surface area contributed by atoms with Crippen molar-refractivity contribution in [2.45, 2.75) is 25.7 Å². The SMILES string of the molecule is NC(=O)c1cccnc1N1CCN(C(=O)CCCCc2ccccc2)CC1. The van der Waals surface area contributed by atoms with E-state index in [2.05, 4.69) is 17.1 Å². The lowest BCUT2D eigenvalue weighted by molar-refractivity contribution is -0.131. The number of aromatic nitrogens is 1. The molecular weight excluding hydrogens is 340 g/mol. The second-order valence-corrected chi connectivity index (χ2v) is 6.80. The summed E-state index contributed by atoms with van der Waals surface area (Å²) in [5.41, 5.74) is 7.18. The normalized spacial score (nSPS) is 14.2. The molecule has 2 aromatic rings. The monoisotopic (exact) mass is 366 g/mol. The van der Waals surface area contributed by atoms with Gasteiger partial charge in [-0.2, -0.15) is 0 Å². The standard InChI is InChI=1S/C21H26N4O2/c22-20(27)18-10-6-12-23-21(18)25-15-13-24(14-16-25)19(26)11-5-4-9-17-7-2-1-3-8-17/h1-3,6-8,10,12H,4-5,9,11,13-16H2,(H2,22,27). The third-order valence-corrected chi connectivity index (χ3v) is 4.93. The molecule has 0 saturated carbocycles. The Morgan fingerprint density at radius 2 is 1.70 bits per heavy atom. The highest BCUT2D eigenvalue weighted by Crippen LogP contribution is 2.19. The van der Waals surface area contributed by atoms with Gasteiger partial charge in [0.1, 0.15) is 5.82 Å². The maximum atomic E-state index is 12.4. The van der Waals surface area contributed by atoms with Gasteiger partial charge in [0.2, 0.25) is 5.91 Å². The number of aryl methyl sites for hydroxylation is 1. The quantitative estimate of drug-likeness (QED) is 0.762. The van der Waals surface area contributed by atoms with E-state index >= 15 is 0 Å². The summed E-state index contributed by atoms with van der Waals surface area (Å²) >= 11 is 0. The average Bonchev–Trinajstić information content (AvgIpc) is 2.72. The van der Waals surface area contributed by atoms with Gasteiger partial charge >= 0.3 is 0 Å². The van der Waals surface area contributed by atoms with Gasteiger partial charge in [0.05, 0.1) is 5.56 Å². The molecule has 0 aliphatic carbocycles.